The molecule has 0 spiro atoms. The van der Waals surface area contributed by atoms with Crippen molar-refractivity contribution in [1.82, 2.24) is 23.3 Å². The number of pyridine rings is 1. The Bertz CT molecular complexity index is 4670. The third kappa shape index (κ3) is 6.82. The maximum absolute atomic E-state index is 8.35. The minimum Gasteiger partial charge on any atom is -0.458 e. The molecule has 0 unspecified atom stereocenters. The number of hydrogen-bond donors (Lipinski definition) is 0. The molecule has 0 radical (unpaired) electrons. The first-order valence-corrected chi connectivity index (χ1v) is 25.2. The Morgan fingerprint density at radius 1 is 0.413 bits per heavy atom. The van der Waals surface area contributed by atoms with Gasteiger partial charge in [-0.25, -0.2) is 4.98 Å². The lowest BCUT2D eigenvalue weighted by Gasteiger charge is -2.16. The van der Waals surface area contributed by atoms with Crippen molar-refractivity contribution in [1.29, 1.82) is 0 Å². The number of hydrogen-bond acceptors (Lipinski definition) is 2. The summed E-state index contributed by atoms with van der Waals surface area (Å²) in [5.74, 6) is 1.77. The van der Waals surface area contributed by atoms with E-state index in [1.165, 1.54) is 21.5 Å². The smallest absolute Gasteiger partial charge is 0.269 e. The number of para-hydroxylation sites is 6. The van der Waals surface area contributed by atoms with Crippen molar-refractivity contribution >= 4 is 76.5 Å². The molecule has 7 heteroatoms. The van der Waals surface area contributed by atoms with Crippen LogP contribution in [-0.2, 0) is 0 Å². The van der Waals surface area contributed by atoms with Gasteiger partial charge in [0.2, 0.25) is 0 Å². The number of aryl methyl sites for hydroxylation is 2. The summed E-state index contributed by atoms with van der Waals surface area (Å²) in [7, 11) is 0. The molecule has 0 saturated carbocycles. The third-order valence-corrected chi connectivity index (χ3v) is 14.9. The minimum atomic E-state index is -2.31. The van der Waals surface area contributed by atoms with Crippen LogP contribution in [0, 0.1) is 20.1 Å². The highest BCUT2D eigenvalue weighted by Crippen LogP contribution is 2.40. The molecule has 0 N–H and O–H groups in total. The van der Waals surface area contributed by atoms with Crippen molar-refractivity contribution in [3.8, 4) is 51.2 Å². The first-order valence-electron chi connectivity index (χ1n) is 26.7. The van der Waals surface area contributed by atoms with E-state index >= 15 is 0 Å². The van der Waals surface area contributed by atoms with Gasteiger partial charge < -0.3 is 13.9 Å². The third-order valence-electron chi connectivity index (χ3n) is 14.9. The van der Waals surface area contributed by atoms with Crippen molar-refractivity contribution in [2.24, 2.45) is 0 Å². The SMILES string of the molecule is [2H]C([2H])([2H])c1cc(-n2c3ccc(-c4ccccc4)cc3c3ccc(Oc4cccc(-n5[c-][n+](-c6cc(-n7c8ccccc8c8ccccc87)cc(-n7c8ccccc8c8ccccc87)c6)c6ccccc65)c4)cc32)ncc1C. The van der Waals surface area contributed by atoms with Crippen LogP contribution in [-0.4, -0.2) is 23.3 Å². The number of aromatic nitrogens is 6. The molecule has 75 heavy (non-hydrogen) atoms. The Balaban J connectivity index is 0.874. The van der Waals surface area contributed by atoms with Crippen LogP contribution < -0.4 is 9.30 Å². The molecule has 0 atom stereocenters. The van der Waals surface area contributed by atoms with Gasteiger partial charge in [0.1, 0.15) is 17.3 Å². The van der Waals surface area contributed by atoms with E-state index in [4.69, 9.17) is 13.8 Å². The molecule has 0 saturated heterocycles. The topological polar surface area (TPSA) is 45.7 Å². The summed E-state index contributed by atoms with van der Waals surface area (Å²) in [6.45, 7) is -0.518. The van der Waals surface area contributed by atoms with E-state index in [-0.39, 0.29) is 5.56 Å². The molecular formula is C68H46N6O. The number of imidazole rings is 1. The highest BCUT2D eigenvalue weighted by molar-refractivity contribution is 6.12. The normalized spacial score (nSPS) is 12.6. The Kier molecular flexibility index (Phi) is 8.87. The minimum absolute atomic E-state index is 0.266. The molecule has 5 aromatic heterocycles. The Morgan fingerprint density at radius 2 is 0.987 bits per heavy atom. The van der Waals surface area contributed by atoms with Gasteiger partial charge in [0.15, 0.2) is 0 Å². The lowest BCUT2D eigenvalue weighted by Crippen LogP contribution is -2.30. The number of nitrogens with zero attached hydrogens (tertiary/aromatic N) is 6. The van der Waals surface area contributed by atoms with Gasteiger partial charge in [-0.1, -0.05) is 140 Å². The summed E-state index contributed by atoms with van der Waals surface area (Å²) in [6.07, 6.45) is 5.47. The molecule has 10 aromatic carbocycles. The molecule has 5 heterocycles. The zero-order valence-electron chi connectivity index (χ0n) is 43.7. The van der Waals surface area contributed by atoms with Crippen LogP contribution >= 0.6 is 0 Å². The molecule has 0 fully saturated rings. The quantitative estimate of drug-likeness (QED) is 0.113. The van der Waals surface area contributed by atoms with E-state index in [0.717, 1.165) is 88.8 Å². The van der Waals surface area contributed by atoms with Gasteiger partial charge in [0.05, 0.1) is 55.5 Å². The van der Waals surface area contributed by atoms with Crippen LogP contribution in [0.2, 0.25) is 0 Å². The van der Waals surface area contributed by atoms with E-state index in [1.54, 1.807) is 19.2 Å². The first kappa shape index (κ1) is 39.6. The van der Waals surface area contributed by atoms with Gasteiger partial charge >= 0.3 is 0 Å². The Hall–Kier alpha value is -9.98. The Morgan fingerprint density at radius 3 is 1.64 bits per heavy atom. The van der Waals surface area contributed by atoms with Crippen molar-refractivity contribution in [2.45, 2.75) is 13.8 Å². The fourth-order valence-electron chi connectivity index (χ4n) is 11.4. The van der Waals surface area contributed by atoms with E-state index in [0.29, 0.717) is 22.9 Å². The number of benzene rings is 10. The average Bonchev–Trinajstić information content (AvgIpc) is 4.40. The summed E-state index contributed by atoms with van der Waals surface area (Å²) in [5, 5.41) is 6.79. The zero-order chi connectivity index (χ0) is 52.2. The second-order valence-corrected chi connectivity index (χ2v) is 19.3. The largest absolute Gasteiger partial charge is 0.458 e. The summed E-state index contributed by atoms with van der Waals surface area (Å²) >= 11 is 0. The van der Waals surface area contributed by atoms with Gasteiger partial charge in [-0.05, 0) is 127 Å². The number of ether oxygens (including phenoxy) is 1. The summed E-state index contributed by atoms with van der Waals surface area (Å²) in [5.41, 5.74) is 15.1. The maximum atomic E-state index is 8.35. The van der Waals surface area contributed by atoms with Crippen molar-refractivity contribution in [3.63, 3.8) is 0 Å². The highest BCUT2D eigenvalue weighted by atomic mass is 16.5. The van der Waals surface area contributed by atoms with E-state index in [9.17, 15) is 0 Å². The molecule has 0 aliphatic carbocycles. The van der Waals surface area contributed by atoms with E-state index in [2.05, 4.69) is 207 Å². The number of fused-ring (bicyclic) bond motifs is 10. The molecule has 15 aromatic rings. The number of rotatable bonds is 8. The van der Waals surface area contributed by atoms with Gasteiger partial charge in [0.25, 0.3) is 6.33 Å². The summed E-state index contributed by atoms with van der Waals surface area (Å²) < 4.78 is 43.0. The van der Waals surface area contributed by atoms with E-state index in [1.807, 2.05) is 53.1 Å². The standard InChI is InChI=1S/C68H46N6O/c1-44-35-68(69-42-45(44)2)74-64-34-31-47(46-17-4-3-5-18-46)36-59(64)58-33-32-53(41-67(58)74)75-52-20-16-19-48(40-52)70-43-71(66-30-15-14-29-65(66)70)49-37-50(72-60-25-10-6-21-54(60)55-22-7-11-26-61(55)72)39-51(38-49)73-62-27-12-8-23-56(62)57-24-9-13-28-63(57)73/h3-42H,1-2H3/i1D3. The van der Waals surface area contributed by atoms with Gasteiger partial charge in [-0.15, -0.1) is 0 Å². The predicted molar refractivity (Wildman–Crippen MR) is 306 cm³/mol. The highest BCUT2D eigenvalue weighted by Gasteiger charge is 2.21. The maximum Gasteiger partial charge on any atom is 0.269 e. The second kappa shape index (κ2) is 16.8. The molecule has 7 nitrogen and oxygen atoms in total. The van der Waals surface area contributed by atoms with E-state index < -0.39 is 6.85 Å². The van der Waals surface area contributed by atoms with Crippen LogP contribution in [0.3, 0.4) is 0 Å². The van der Waals surface area contributed by atoms with Crippen LogP contribution in [0.4, 0.5) is 0 Å². The molecule has 0 aliphatic rings. The van der Waals surface area contributed by atoms with Gasteiger partial charge in [-0.3, -0.25) is 13.7 Å². The summed E-state index contributed by atoms with van der Waals surface area (Å²) in [4.78, 5) is 4.83. The molecule has 0 amide bonds. The zero-order valence-corrected chi connectivity index (χ0v) is 40.7. The molecular weight excluding hydrogens is 917 g/mol. The van der Waals surface area contributed by atoms with Crippen LogP contribution in [0.25, 0.3) is 116 Å². The van der Waals surface area contributed by atoms with Gasteiger partial charge in [-0.2, -0.15) is 0 Å². The predicted octanol–water partition coefficient (Wildman–Crippen LogP) is 16.5. The Labute approximate surface area is 436 Å². The first-order chi connectivity index (χ1) is 38.2. The summed E-state index contributed by atoms with van der Waals surface area (Å²) in [6, 6.07) is 82.5. The van der Waals surface area contributed by atoms with Crippen LogP contribution in [0.5, 0.6) is 11.5 Å². The van der Waals surface area contributed by atoms with Crippen LogP contribution in [0.1, 0.15) is 15.2 Å². The second-order valence-electron chi connectivity index (χ2n) is 19.3. The fourth-order valence-corrected chi connectivity index (χ4v) is 11.4. The lowest BCUT2D eigenvalue weighted by atomic mass is 10.0. The van der Waals surface area contributed by atoms with Crippen molar-refractivity contribution < 1.29 is 13.4 Å². The van der Waals surface area contributed by atoms with Crippen LogP contribution in [0.15, 0.2) is 243 Å². The molecule has 15 rings (SSSR count). The van der Waals surface area contributed by atoms with Crippen molar-refractivity contribution in [3.05, 3.63) is 260 Å². The molecule has 354 valence electrons. The average molecular weight is 966 g/mol. The fraction of sp³-hybridized carbons (Fsp3) is 0.0294. The van der Waals surface area contributed by atoms with Gasteiger partial charge in [0, 0.05) is 60.1 Å². The van der Waals surface area contributed by atoms with Crippen molar-refractivity contribution in [2.75, 3.05) is 0 Å². The molecule has 0 bridgehead atoms. The monoisotopic (exact) mass is 965 g/mol. The molecule has 0 aliphatic heterocycles. The lowest BCUT2D eigenvalue weighted by molar-refractivity contribution is -0.572.